The highest BCUT2D eigenvalue weighted by atomic mass is 16.5. The average Bonchev–Trinajstić information content (AvgIpc) is 3.03. The summed E-state index contributed by atoms with van der Waals surface area (Å²) in [5, 5.41) is 11.1. The summed E-state index contributed by atoms with van der Waals surface area (Å²) in [4.78, 5) is 29.0. The molecule has 9 nitrogen and oxygen atoms in total. The molecule has 0 bridgehead atoms. The third kappa shape index (κ3) is 4.54. The number of nitrogens with one attached hydrogen (secondary N) is 1. The number of nitrogens with zero attached hydrogens (tertiary/aromatic N) is 5. The van der Waals surface area contributed by atoms with Gasteiger partial charge in [-0.25, -0.2) is 9.20 Å². The lowest BCUT2D eigenvalue weighted by Crippen LogP contribution is -2.31. The molecule has 3 aromatic heterocycles. The minimum Gasteiger partial charge on any atom is -0.491 e. The first-order valence-electron chi connectivity index (χ1n) is 9.19. The molecule has 0 radical (unpaired) electrons. The number of anilines is 1. The fraction of sp³-hybridized carbons (Fsp3) is 0.421. The van der Waals surface area contributed by atoms with Crippen LogP contribution in [-0.4, -0.2) is 36.9 Å². The molecule has 0 atom stereocenters. The van der Waals surface area contributed by atoms with Gasteiger partial charge in [0.1, 0.15) is 18.0 Å². The molecule has 3 heterocycles. The Morgan fingerprint density at radius 2 is 2.00 bits per heavy atom. The van der Waals surface area contributed by atoms with E-state index in [4.69, 9.17) is 4.74 Å². The van der Waals surface area contributed by atoms with Gasteiger partial charge in [-0.1, -0.05) is 33.8 Å². The Morgan fingerprint density at radius 1 is 1.21 bits per heavy atom. The van der Waals surface area contributed by atoms with Gasteiger partial charge in [0.25, 0.3) is 5.56 Å². The second-order valence-electron chi connectivity index (χ2n) is 7.24. The van der Waals surface area contributed by atoms with E-state index < -0.39 is 11.5 Å². The molecule has 3 aromatic rings. The number of aromatic nitrogens is 5. The van der Waals surface area contributed by atoms with E-state index in [-0.39, 0.29) is 18.4 Å². The Kier molecular flexibility index (Phi) is 5.72. The van der Waals surface area contributed by atoms with Crippen LogP contribution in [0.2, 0.25) is 0 Å². The van der Waals surface area contributed by atoms with E-state index >= 15 is 0 Å². The van der Waals surface area contributed by atoms with Crippen molar-refractivity contribution in [2.24, 2.45) is 5.92 Å². The standard InChI is InChI=1S/C19H24N6O3/c1-12(2)11-28-14-9-17(27)25(22-18(14)13(3)4)10-16(26)21-19-20-15-7-5-6-8-24(15)23-19/h5-9,12-13H,10-11H2,1-4H3,(H,21,23,26). The molecule has 0 aromatic carbocycles. The number of carbonyl (C=O) groups excluding carboxylic acids is 1. The van der Waals surface area contributed by atoms with Gasteiger partial charge in [0.2, 0.25) is 11.9 Å². The SMILES string of the molecule is CC(C)COc1cc(=O)n(CC(=O)Nc2nc3ccccn3n2)nc1C(C)C. The van der Waals surface area contributed by atoms with Gasteiger partial charge in [0.15, 0.2) is 5.65 Å². The van der Waals surface area contributed by atoms with Crippen molar-refractivity contribution in [1.82, 2.24) is 24.4 Å². The van der Waals surface area contributed by atoms with Gasteiger partial charge in [-0.2, -0.15) is 10.1 Å². The van der Waals surface area contributed by atoms with Crippen molar-refractivity contribution in [2.75, 3.05) is 11.9 Å². The zero-order valence-electron chi connectivity index (χ0n) is 16.4. The first kappa shape index (κ1) is 19.5. The predicted molar refractivity (Wildman–Crippen MR) is 105 cm³/mol. The molecule has 0 fully saturated rings. The van der Waals surface area contributed by atoms with E-state index in [2.05, 4.69) is 20.5 Å². The number of ether oxygens (including phenoxy) is 1. The van der Waals surface area contributed by atoms with Crippen molar-refractivity contribution in [3.05, 3.63) is 46.5 Å². The van der Waals surface area contributed by atoms with Gasteiger partial charge < -0.3 is 4.74 Å². The lowest BCUT2D eigenvalue weighted by atomic mass is 10.1. The van der Waals surface area contributed by atoms with E-state index in [0.29, 0.717) is 29.6 Å². The summed E-state index contributed by atoms with van der Waals surface area (Å²) in [6.07, 6.45) is 1.73. The highest BCUT2D eigenvalue weighted by molar-refractivity contribution is 5.88. The van der Waals surface area contributed by atoms with Crippen molar-refractivity contribution >= 4 is 17.5 Å². The maximum Gasteiger partial charge on any atom is 0.270 e. The molecule has 1 N–H and O–H groups in total. The summed E-state index contributed by atoms with van der Waals surface area (Å²) in [6.45, 7) is 8.23. The Bertz CT molecular complexity index is 1000. The van der Waals surface area contributed by atoms with Crippen molar-refractivity contribution in [3.8, 4) is 5.75 Å². The number of carbonyl (C=O) groups is 1. The molecular weight excluding hydrogens is 360 g/mol. The van der Waals surface area contributed by atoms with E-state index in [1.54, 1.807) is 16.8 Å². The van der Waals surface area contributed by atoms with Crippen molar-refractivity contribution in [1.29, 1.82) is 0 Å². The Morgan fingerprint density at radius 3 is 2.68 bits per heavy atom. The molecule has 1 amide bonds. The molecule has 0 spiro atoms. The lowest BCUT2D eigenvalue weighted by Gasteiger charge is -2.16. The summed E-state index contributed by atoms with van der Waals surface area (Å²) in [5.41, 5.74) is 0.849. The van der Waals surface area contributed by atoms with Gasteiger partial charge in [-0.05, 0) is 18.1 Å². The lowest BCUT2D eigenvalue weighted by molar-refractivity contribution is -0.117. The zero-order valence-corrected chi connectivity index (χ0v) is 16.4. The first-order valence-corrected chi connectivity index (χ1v) is 9.19. The van der Waals surface area contributed by atoms with Crippen LogP contribution in [-0.2, 0) is 11.3 Å². The summed E-state index contributed by atoms with van der Waals surface area (Å²) >= 11 is 0. The van der Waals surface area contributed by atoms with E-state index in [1.165, 1.54) is 6.07 Å². The van der Waals surface area contributed by atoms with Gasteiger partial charge in [0.05, 0.1) is 6.61 Å². The van der Waals surface area contributed by atoms with Crippen LogP contribution in [0.5, 0.6) is 5.75 Å². The highest BCUT2D eigenvalue weighted by Crippen LogP contribution is 2.22. The Balaban J connectivity index is 1.77. The van der Waals surface area contributed by atoms with Crippen LogP contribution < -0.4 is 15.6 Å². The summed E-state index contributed by atoms with van der Waals surface area (Å²) in [7, 11) is 0. The van der Waals surface area contributed by atoms with Gasteiger partial charge >= 0.3 is 0 Å². The number of pyridine rings is 1. The van der Waals surface area contributed by atoms with Crippen LogP contribution in [0.25, 0.3) is 5.65 Å². The topological polar surface area (TPSA) is 103 Å². The third-order valence-corrected chi connectivity index (χ3v) is 3.89. The Hall–Kier alpha value is -3.23. The average molecular weight is 384 g/mol. The van der Waals surface area contributed by atoms with Crippen LogP contribution in [0.15, 0.2) is 35.3 Å². The quantitative estimate of drug-likeness (QED) is 0.669. The molecule has 9 heteroatoms. The maximum atomic E-state index is 12.4. The monoisotopic (exact) mass is 384 g/mol. The number of rotatable bonds is 7. The largest absolute Gasteiger partial charge is 0.491 e. The first-order chi connectivity index (χ1) is 13.3. The van der Waals surface area contributed by atoms with Gasteiger partial charge in [0, 0.05) is 18.2 Å². The zero-order chi connectivity index (χ0) is 20.3. The normalized spacial score (nSPS) is 11.4. The van der Waals surface area contributed by atoms with Crippen LogP contribution in [0.4, 0.5) is 5.95 Å². The van der Waals surface area contributed by atoms with Crippen molar-refractivity contribution in [2.45, 2.75) is 40.2 Å². The molecule has 28 heavy (non-hydrogen) atoms. The van der Waals surface area contributed by atoms with E-state index in [0.717, 1.165) is 4.68 Å². The fourth-order valence-electron chi connectivity index (χ4n) is 2.56. The van der Waals surface area contributed by atoms with Crippen LogP contribution in [0, 0.1) is 5.92 Å². The molecule has 3 rings (SSSR count). The smallest absolute Gasteiger partial charge is 0.270 e. The van der Waals surface area contributed by atoms with E-state index in [1.807, 2.05) is 39.8 Å². The van der Waals surface area contributed by atoms with Gasteiger partial charge in [-0.15, -0.1) is 5.10 Å². The number of hydrogen-bond donors (Lipinski definition) is 1. The second-order valence-corrected chi connectivity index (χ2v) is 7.24. The molecule has 0 aliphatic carbocycles. The number of hydrogen-bond acceptors (Lipinski definition) is 6. The van der Waals surface area contributed by atoms with Gasteiger partial charge in [-0.3, -0.25) is 14.9 Å². The Labute approximate surface area is 162 Å². The summed E-state index contributed by atoms with van der Waals surface area (Å²) < 4.78 is 8.41. The summed E-state index contributed by atoms with van der Waals surface area (Å²) in [6, 6.07) is 6.81. The molecule has 0 saturated carbocycles. The minimum atomic E-state index is -0.434. The molecule has 0 saturated heterocycles. The highest BCUT2D eigenvalue weighted by Gasteiger charge is 2.16. The van der Waals surface area contributed by atoms with Crippen LogP contribution >= 0.6 is 0 Å². The maximum absolute atomic E-state index is 12.4. The third-order valence-electron chi connectivity index (χ3n) is 3.89. The van der Waals surface area contributed by atoms with Crippen molar-refractivity contribution in [3.63, 3.8) is 0 Å². The van der Waals surface area contributed by atoms with Crippen LogP contribution in [0.3, 0.4) is 0 Å². The molecule has 0 aliphatic heterocycles. The van der Waals surface area contributed by atoms with Crippen molar-refractivity contribution < 1.29 is 9.53 Å². The number of amides is 1. The molecular formula is C19H24N6O3. The minimum absolute atomic E-state index is 0.0391. The van der Waals surface area contributed by atoms with E-state index in [9.17, 15) is 9.59 Å². The number of fused-ring (bicyclic) bond motifs is 1. The summed E-state index contributed by atoms with van der Waals surface area (Å²) in [5.74, 6) is 0.567. The molecule has 0 aliphatic rings. The van der Waals surface area contributed by atoms with Crippen LogP contribution in [0.1, 0.15) is 39.3 Å². The molecule has 148 valence electrons. The molecule has 0 unspecified atom stereocenters. The predicted octanol–water partition coefficient (Wildman–Crippen LogP) is 2.08. The fourth-order valence-corrected chi connectivity index (χ4v) is 2.56. The second kappa shape index (κ2) is 8.20.